The van der Waals surface area contributed by atoms with Gasteiger partial charge in [0.15, 0.2) is 0 Å². The summed E-state index contributed by atoms with van der Waals surface area (Å²) in [4.78, 5) is 0. The first-order valence-corrected chi connectivity index (χ1v) is 3.34. The van der Waals surface area contributed by atoms with Gasteiger partial charge in [0.2, 0.25) is 0 Å². The van der Waals surface area contributed by atoms with E-state index in [2.05, 4.69) is 11.9 Å². The van der Waals surface area contributed by atoms with E-state index in [9.17, 15) is 0 Å². The highest BCUT2D eigenvalue weighted by Crippen LogP contribution is 1.81. The van der Waals surface area contributed by atoms with E-state index < -0.39 is 0 Å². The molecule has 0 rings (SSSR count). The molecule has 0 aliphatic heterocycles. The van der Waals surface area contributed by atoms with Crippen LogP contribution in [0.15, 0.2) is 12.7 Å². The van der Waals surface area contributed by atoms with Crippen molar-refractivity contribution >= 4 is 0 Å². The van der Waals surface area contributed by atoms with Gasteiger partial charge in [0.1, 0.15) is 0 Å². The van der Waals surface area contributed by atoms with Crippen LogP contribution in [-0.2, 0) is 0 Å². The predicted octanol–water partition coefficient (Wildman–Crippen LogP) is 0.499. The van der Waals surface area contributed by atoms with Crippen molar-refractivity contribution in [3.8, 4) is 0 Å². The summed E-state index contributed by atoms with van der Waals surface area (Å²) in [7, 11) is 0. The fourth-order valence-electron chi connectivity index (χ4n) is 0.534. The van der Waals surface area contributed by atoms with Crippen molar-refractivity contribution in [2.45, 2.75) is 19.4 Å². The highest BCUT2D eigenvalue weighted by Gasteiger charge is 1.90. The molecule has 0 spiro atoms. The third kappa shape index (κ3) is 7.66. The summed E-state index contributed by atoms with van der Waals surface area (Å²) in [6.45, 7) is 7.46. The Morgan fingerprint density at radius 1 is 1.78 bits per heavy atom. The number of nitrogens with one attached hydrogen (secondary N) is 1. The number of hydrogen-bond donors (Lipinski definition) is 2. The first-order chi connectivity index (χ1) is 4.27. The second-order valence-electron chi connectivity index (χ2n) is 2.26. The molecular weight excluding hydrogens is 112 g/mol. The molecular formula is C7H16N2. The van der Waals surface area contributed by atoms with Crippen LogP contribution in [0, 0.1) is 0 Å². The third-order valence-corrected chi connectivity index (χ3v) is 1.07. The lowest BCUT2D eigenvalue weighted by Gasteiger charge is -2.03. The van der Waals surface area contributed by atoms with Crippen molar-refractivity contribution in [3.63, 3.8) is 0 Å². The summed E-state index contributed by atoms with van der Waals surface area (Å²) < 4.78 is 0. The molecule has 0 saturated carbocycles. The topological polar surface area (TPSA) is 38.0 Å². The lowest BCUT2D eigenvalue weighted by atomic mass is 10.2. The van der Waals surface area contributed by atoms with Gasteiger partial charge < -0.3 is 11.1 Å². The number of hydrogen-bond acceptors (Lipinski definition) is 2. The second-order valence-corrected chi connectivity index (χ2v) is 2.26. The van der Waals surface area contributed by atoms with E-state index in [1.165, 1.54) is 0 Å². The average molecular weight is 128 g/mol. The third-order valence-electron chi connectivity index (χ3n) is 1.07. The molecule has 0 fully saturated rings. The summed E-state index contributed by atoms with van der Waals surface area (Å²) in [6.07, 6.45) is 2.88. The normalized spacial score (nSPS) is 13.1. The Labute approximate surface area is 57.1 Å². The highest BCUT2D eigenvalue weighted by molar-refractivity contribution is 4.69. The summed E-state index contributed by atoms with van der Waals surface area (Å²) in [5.74, 6) is 0. The molecule has 0 aliphatic carbocycles. The summed E-state index contributed by atoms with van der Waals surface area (Å²) in [5.41, 5.74) is 5.51. The summed E-state index contributed by atoms with van der Waals surface area (Å²) >= 11 is 0. The van der Waals surface area contributed by atoms with Gasteiger partial charge in [0.05, 0.1) is 0 Å². The summed E-state index contributed by atoms with van der Waals surface area (Å²) in [5, 5.41) is 3.17. The average Bonchev–Trinajstić information content (AvgIpc) is 1.80. The zero-order chi connectivity index (χ0) is 7.11. The van der Waals surface area contributed by atoms with Gasteiger partial charge in [-0.1, -0.05) is 6.08 Å². The van der Waals surface area contributed by atoms with Crippen LogP contribution in [-0.4, -0.2) is 19.1 Å². The lowest BCUT2D eigenvalue weighted by Crippen LogP contribution is -2.23. The second kappa shape index (κ2) is 5.79. The Kier molecular flexibility index (Phi) is 5.57. The van der Waals surface area contributed by atoms with Crippen molar-refractivity contribution in [2.75, 3.05) is 13.1 Å². The molecule has 0 heterocycles. The Morgan fingerprint density at radius 2 is 2.44 bits per heavy atom. The standard InChI is InChI=1S/C7H16N2/c1-3-5-9-6-4-7(2)8/h3,7,9H,1,4-6,8H2,2H3/t7-/m0/s1. The van der Waals surface area contributed by atoms with Crippen LogP contribution in [0.1, 0.15) is 13.3 Å². The van der Waals surface area contributed by atoms with Gasteiger partial charge in [0, 0.05) is 12.6 Å². The van der Waals surface area contributed by atoms with Crippen molar-refractivity contribution in [3.05, 3.63) is 12.7 Å². The van der Waals surface area contributed by atoms with Crippen LogP contribution in [0.25, 0.3) is 0 Å². The van der Waals surface area contributed by atoms with Gasteiger partial charge in [0.25, 0.3) is 0 Å². The van der Waals surface area contributed by atoms with Crippen molar-refractivity contribution in [1.29, 1.82) is 0 Å². The van der Waals surface area contributed by atoms with E-state index in [1.54, 1.807) is 0 Å². The van der Waals surface area contributed by atoms with Gasteiger partial charge in [-0.05, 0) is 19.9 Å². The predicted molar refractivity (Wildman–Crippen MR) is 41.3 cm³/mol. The molecule has 1 atom stereocenters. The van der Waals surface area contributed by atoms with E-state index in [0.29, 0.717) is 6.04 Å². The monoisotopic (exact) mass is 128 g/mol. The molecule has 0 saturated heterocycles. The Bertz CT molecular complexity index is 69.3. The zero-order valence-corrected chi connectivity index (χ0v) is 6.06. The van der Waals surface area contributed by atoms with Gasteiger partial charge >= 0.3 is 0 Å². The van der Waals surface area contributed by atoms with Crippen LogP contribution in [0.4, 0.5) is 0 Å². The molecule has 54 valence electrons. The lowest BCUT2D eigenvalue weighted by molar-refractivity contribution is 0.612. The van der Waals surface area contributed by atoms with E-state index in [1.807, 2.05) is 13.0 Å². The Hall–Kier alpha value is -0.340. The van der Waals surface area contributed by atoms with Crippen LogP contribution in [0.2, 0.25) is 0 Å². The first-order valence-electron chi connectivity index (χ1n) is 3.34. The van der Waals surface area contributed by atoms with E-state index >= 15 is 0 Å². The number of rotatable bonds is 5. The molecule has 2 nitrogen and oxygen atoms in total. The largest absolute Gasteiger partial charge is 0.328 e. The minimum Gasteiger partial charge on any atom is -0.328 e. The van der Waals surface area contributed by atoms with Gasteiger partial charge in [-0.3, -0.25) is 0 Å². The van der Waals surface area contributed by atoms with Crippen molar-refractivity contribution < 1.29 is 0 Å². The molecule has 0 bridgehead atoms. The minimum absolute atomic E-state index is 0.308. The number of nitrogens with two attached hydrogens (primary N) is 1. The maximum atomic E-state index is 5.51. The fourth-order valence-corrected chi connectivity index (χ4v) is 0.534. The first kappa shape index (κ1) is 8.66. The Morgan fingerprint density at radius 3 is 2.89 bits per heavy atom. The molecule has 9 heavy (non-hydrogen) atoms. The van der Waals surface area contributed by atoms with Crippen LogP contribution < -0.4 is 11.1 Å². The molecule has 0 amide bonds. The minimum atomic E-state index is 0.308. The van der Waals surface area contributed by atoms with E-state index in [4.69, 9.17) is 5.73 Å². The maximum absolute atomic E-state index is 5.51. The van der Waals surface area contributed by atoms with Crippen LogP contribution in [0.3, 0.4) is 0 Å². The highest BCUT2D eigenvalue weighted by atomic mass is 14.8. The smallest absolute Gasteiger partial charge is 0.0132 e. The SMILES string of the molecule is C=CCNCC[C@H](C)N. The zero-order valence-electron chi connectivity index (χ0n) is 6.06. The molecule has 0 aromatic rings. The van der Waals surface area contributed by atoms with E-state index in [0.717, 1.165) is 19.5 Å². The molecule has 0 aromatic carbocycles. The molecule has 0 radical (unpaired) electrons. The maximum Gasteiger partial charge on any atom is 0.0132 e. The molecule has 0 aromatic heterocycles. The summed E-state index contributed by atoms with van der Waals surface area (Å²) in [6, 6.07) is 0.308. The fraction of sp³-hybridized carbons (Fsp3) is 0.714. The van der Waals surface area contributed by atoms with Gasteiger partial charge in [-0.25, -0.2) is 0 Å². The van der Waals surface area contributed by atoms with Gasteiger partial charge in [-0.2, -0.15) is 0 Å². The van der Waals surface area contributed by atoms with Crippen molar-refractivity contribution in [1.82, 2.24) is 5.32 Å². The molecule has 3 N–H and O–H groups in total. The molecule has 0 unspecified atom stereocenters. The Balaban J connectivity index is 2.82. The van der Waals surface area contributed by atoms with E-state index in [-0.39, 0.29) is 0 Å². The quantitative estimate of drug-likeness (QED) is 0.418. The van der Waals surface area contributed by atoms with Gasteiger partial charge in [-0.15, -0.1) is 6.58 Å². The van der Waals surface area contributed by atoms with Crippen molar-refractivity contribution in [2.24, 2.45) is 5.73 Å². The van der Waals surface area contributed by atoms with Crippen LogP contribution in [0.5, 0.6) is 0 Å². The molecule has 0 aliphatic rings. The van der Waals surface area contributed by atoms with Crippen LogP contribution >= 0.6 is 0 Å². The molecule has 2 heteroatoms.